The number of carbonyl (C=O) groups is 1. The third-order valence-corrected chi connectivity index (χ3v) is 5.51. The Labute approximate surface area is 233 Å². The number of benzene rings is 2. The number of aliphatic imine (C=N–C) groups is 4. The van der Waals surface area contributed by atoms with Crippen LogP contribution in [0.1, 0.15) is 27.7 Å². The van der Waals surface area contributed by atoms with Gasteiger partial charge in [0.15, 0.2) is 0 Å². The van der Waals surface area contributed by atoms with E-state index in [9.17, 15) is 4.79 Å². The predicted octanol–water partition coefficient (Wildman–Crippen LogP) is 2.55. The number of rotatable bonds is 4. The first kappa shape index (κ1) is 30.0. The van der Waals surface area contributed by atoms with Crippen molar-refractivity contribution < 1.29 is 4.79 Å². The highest BCUT2D eigenvalue weighted by atomic mass is 35.5. The lowest BCUT2D eigenvalue weighted by atomic mass is 10.1. The maximum absolute atomic E-state index is 12.8. The van der Waals surface area contributed by atoms with E-state index in [-0.39, 0.29) is 48.7 Å². The molecule has 0 radical (unpaired) electrons. The minimum absolute atomic E-state index is 0. The van der Waals surface area contributed by atoms with Gasteiger partial charge in [-0.25, -0.2) is 14.8 Å². The molecule has 204 valence electrons. The van der Waals surface area contributed by atoms with Crippen LogP contribution < -0.4 is 43.4 Å². The van der Waals surface area contributed by atoms with Crippen molar-refractivity contribution in [1.82, 2.24) is 0 Å². The van der Waals surface area contributed by atoms with Crippen molar-refractivity contribution in [2.24, 2.45) is 42.9 Å². The first-order chi connectivity index (χ1) is 16.9. The first-order valence-corrected chi connectivity index (χ1v) is 11.1. The summed E-state index contributed by atoms with van der Waals surface area (Å²) in [6.07, 6.45) is 0. The number of hydrogen-bond donors (Lipinski definition) is 6. The first-order valence-electron chi connectivity index (χ1n) is 11.1. The molecule has 4 rings (SSSR count). The Morgan fingerprint density at radius 1 is 0.711 bits per heavy atom. The third-order valence-electron chi connectivity index (χ3n) is 5.51. The molecule has 2 heterocycles. The van der Waals surface area contributed by atoms with Gasteiger partial charge in [0.05, 0.1) is 0 Å². The van der Waals surface area contributed by atoms with Crippen LogP contribution in [0.5, 0.6) is 0 Å². The number of halogens is 2. The predicted molar refractivity (Wildman–Crippen MR) is 160 cm³/mol. The lowest BCUT2D eigenvalue weighted by Gasteiger charge is -2.38. The molecule has 10 N–H and O–H groups in total. The SMILES string of the molecule is CC1(C)N=C(N)N=C(N)N1c1cccc(NC(=O)Nc2cccc(N3C(N)=NC(N)=NC3(C)C)c2)c1.Cl.Cl. The van der Waals surface area contributed by atoms with Crippen LogP contribution in [0, 0.1) is 0 Å². The van der Waals surface area contributed by atoms with Crippen molar-refractivity contribution in [3.05, 3.63) is 48.5 Å². The highest BCUT2D eigenvalue weighted by Crippen LogP contribution is 2.31. The van der Waals surface area contributed by atoms with Gasteiger partial charge in [0, 0.05) is 22.7 Å². The standard InChI is InChI=1S/C23H30N12O.2ClH/c1-22(2)32-17(24)30-19(26)34(22)15-9-5-7-13(11-15)28-21(36)29-14-8-6-10-16(12-14)35-20(27)31-18(25)33-23(35,3)4;;/h5-12H,1-4H3,(H2,28,29,36)(H4,24,26,30,32)(H4,25,27,31,33);2*1H. The molecule has 0 bridgehead atoms. The average molecular weight is 563 g/mol. The van der Waals surface area contributed by atoms with Gasteiger partial charge < -0.3 is 33.6 Å². The lowest BCUT2D eigenvalue weighted by Crippen LogP contribution is -2.54. The summed E-state index contributed by atoms with van der Waals surface area (Å²) in [4.78, 5) is 33.1. The Morgan fingerprint density at radius 2 is 1.08 bits per heavy atom. The monoisotopic (exact) mass is 562 g/mol. The zero-order valence-electron chi connectivity index (χ0n) is 21.3. The number of hydrogen-bond acceptors (Lipinski definition) is 11. The normalized spacial score (nSPS) is 17.5. The largest absolute Gasteiger partial charge is 0.369 e. The molecular formula is C23H32Cl2N12O. The van der Waals surface area contributed by atoms with E-state index in [0.29, 0.717) is 22.7 Å². The molecule has 13 nitrogen and oxygen atoms in total. The Kier molecular flexibility index (Phi) is 8.70. The van der Waals surface area contributed by atoms with E-state index < -0.39 is 17.4 Å². The van der Waals surface area contributed by atoms with Gasteiger partial charge in [-0.3, -0.25) is 9.80 Å². The van der Waals surface area contributed by atoms with Gasteiger partial charge >= 0.3 is 6.03 Å². The summed E-state index contributed by atoms with van der Waals surface area (Å²) < 4.78 is 0. The van der Waals surface area contributed by atoms with Crippen LogP contribution >= 0.6 is 24.8 Å². The van der Waals surface area contributed by atoms with E-state index in [1.54, 1.807) is 46.2 Å². The van der Waals surface area contributed by atoms with Crippen molar-refractivity contribution >= 4 is 77.4 Å². The van der Waals surface area contributed by atoms with Crippen LogP contribution in [0.4, 0.5) is 27.5 Å². The molecule has 38 heavy (non-hydrogen) atoms. The van der Waals surface area contributed by atoms with E-state index in [1.807, 2.05) is 39.8 Å². The summed E-state index contributed by atoms with van der Waals surface area (Å²) in [6.45, 7) is 7.45. The fourth-order valence-electron chi connectivity index (χ4n) is 4.24. The van der Waals surface area contributed by atoms with E-state index in [1.165, 1.54) is 0 Å². The summed E-state index contributed by atoms with van der Waals surface area (Å²) >= 11 is 0. The number of carbonyl (C=O) groups excluding carboxylic acids is 1. The lowest BCUT2D eigenvalue weighted by molar-refractivity contribution is 0.262. The van der Waals surface area contributed by atoms with E-state index in [4.69, 9.17) is 22.9 Å². The molecular weight excluding hydrogens is 531 g/mol. The topological polar surface area (TPSA) is 201 Å². The van der Waals surface area contributed by atoms with Crippen molar-refractivity contribution in [1.29, 1.82) is 0 Å². The molecule has 0 fully saturated rings. The van der Waals surface area contributed by atoms with Gasteiger partial charge in [0.1, 0.15) is 11.3 Å². The van der Waals surface area contributed by atoms with Crippen molar-refractivity contribution in [3.8, 4) is 0 Å². The number of guanidine groups is 4. The van der Waals surface area contributed by atoms with Crippen molar-refractivity contribution in [3.63, 3.8) is 0 Å². The molecule has 0 saturated carbocycles. The van der Waals surface area contributed by atoms with Gasteiger partial charge in [-0.1, -0.05) is 12.1 Å². The minimum atomic E-state index is -0.751. The summed E-state index contributed by atoms with van der Waals surface area (Å²) in [5.41, 5.74) is 24.7. The number of urea groups is 1. The highest BCUT2D eigenvalue weighted by Gasteiger charge is 2.34. The molecule has 2 aliphatic heterocycles. The van der Waals surface area contributed by atoms with Gasteiger partial charge in [-0.05, 0) is 64.1 Å². The maximum Gasteiger partial charge on any atom is 0.323 e. The molecule has 2 aromatic carbocycles. The zero-order valence-corrected chi connectivity index (χ0v) is 23.0. The van der Waals surface area contributed by atoms with Crippen LogP contribution in [0.25, 0.3) is 0 Å². The number of amides is 2. The second-order valence-corrected chi connectivity index (χ2v) is 9.22. The zero-order chi connectivity index (χ0) is 26.3. The molecule has 15 heteroatoms. The Hall–Kier alpha value is -4.23. The van der Waals surface area contributed by atoms with Crippen LogP contribution in [0.3, 0.4) is 0 Å². The van der Waals surface area contributed by atoms with E-state index >= 15 is 0 Å². The molecule has 2 amide bonds. The number of nitrogens with two attached hydrogens (primary N) is 4. The Bertz CT molecular complexity index is 1240. The third kappa shape index (κ3) is 6.18. The van der Waals surface area contributed by atoms with Crippen molar-refractivity contribution in [2.45, 2.75) is 39.0 Å². The summed E-state index contributed by atoms with van der Waals surface area (Å²) in [5, 5.41) is 5.66. The van der Waals surface area contributed by atoms with E-state index in [0.717, 1.165) is 0 Å². The Balaban J connectivity index is 0.00000253. The van der Waals surface area contributed by atoms with Gasteiger partial charge in [-0.2, -0.15) is 9.98 Å². The molecule has 0 spiro atoms. The van der Waals surface area contributed by atoms with Gasteiger partial charge in [-0.15, -0.1) is 24.8 Å². The van der Waals surface area contributed by atoms with Gasteiger partial charge in [0.2, 0.25) is 23.8 Å². The smallest absolute Gasteiger partial charge is 0.323 e. The molecule has 2 aliphatic rings. The van der Waals surface area contributed by atoms with Crippen LogP contribution in [0.2, 0.25) is 0 Å². The minimum Gasteiger partial charge on any atom is -0.369 e. The molecule has 0 aromatic heterocycles. The average Bonchev–Trinajstić information content (AvgIpc) is 2.71. The summed E-state index contributed by atoms with van der Waals surface area (Å²) in [6, 6.07) is 13.9. The van der Waals surface area contributed by atoms with Crippen LogP contribution in [-0.4, -0.2) is 41.2 Å². The Morgan fingerprint density at radius 3 is 1.42 bits per heavy atom. The second-order valence-electron chi connectivity index (χ2n) is 9.22. The summed E-state index contributed by atoms with van der Waals surface area (Å²) in [7, 11) is 0. The maximum atomic E-state index is 12.8. The number of nitrogens with one attached hydrogen (secondary N) is 2. The van der Waals surface area contributed by atoms with Crippen LogP contribution in [-0.2, 0) is 0 Å². The molecule has 0 aliphatic carbocycles. The fourth-order valence-corrected chi connectivity index (χ4v) is 4.24. The fraction of sp³-hybridized carbons (Fsp3) is 0.261. The molecule has 2 aromatic rings. The highest BCUT2D eigenvalue weighted by molar-refractivity contribution is 6.07. The summed E-state index contributed by atoms with van der Waals surface area (Å²) in [5.74, 6) is 0.641. The second kappa shape index (κ2) is 11.0. The number of nitrogens with zero attached hydrogens (tertiary/aromatic N) is 6. The molecule has 0 saturated heterocycles. The number of anilines is 4. The van der Waals surface area contributed by atoms with Crippen LogP contribution in [0.15, 0.2) is 68.5 Å². The van der Waals surface area contributed by atoms with Crippen molar-refractivity contribution in [2.75, 3.05) is 20.4 Å². The van der Waals surface area contributed by atoms with E-state index in [2.05, 4.69) is 30.6 Å². The quantitative estimate of drug-likeness (QED) is 0.328. The molecule has 0 unspecified atom stereocenters. The van der Waals surface area contributed by atoms with Gasteiger partial charge in [0.25, 0.3) is 0 Å². The molecule has 0 atom stereocenters.